The molecule has 3 aromatic rings. The van der Waals surface area contributed by atoms with Crippen molar-refractivity contribution < 1.29 is 4.79 Å². The van der Waals surface area contributed by atoms with Gasteiger partial charge in [-0.05, 0) is 30.3 Å². The quantitative estimate of drug-likeness (QED) is 0.719. The van der Waals surface area contributed by atoms with Crippen LogP contribution in [0.25, 0.3) is 17.1 Å². The second-order valence-electron chi connectivity index (χ2n) is 4.56. The molecule has 3 rings (SSSR count). The van der Waals surface area contributed by atoms with E-state index in [4.69, 9.17) is 5.73 Å². The molecule has 0 aliphatic carbocycles. The number of para-hydroxylation sites is 1. The zero-order valence-electron chi connectivity index (χ0n) is 11.6. The predicted molar refractivity (Wildman–Crippen MR) is 85.3 cm³/mol. The maximum Gasteiger partial charge on any atom is 0.241 e. The molecule has 2 aromatic heterocycles. The van der Waals surface area contributed by atoms with E-state index in [2.05, 4.69) is 20.3 Å². The molecule has 0 atom stereocenters. The molecule has 0 radical (unpaired) electrons. The summed E-state index contributed by atoms with van der Waals surface area (Å²) in [6, 6.07) is 13.3. The summed E-state index contributed by atoms with van der Waals surface area (Å²) in [5.74, 6) is -0.0125. The number of rotatable bonds is 4. The number of fused-ring (bicyclic) bond motifs is 1. The Morgan fingerprint density at radius 2 is 1.86 bits per heavy atom. The first-order valence-electron chi connectivity index (χ1n) is 6.64. The van der Waals surface area contributed by atoms with Crippen molar-refractivity contribution in [2.24, 2.45) is 5.73 Å². The van der Waals surface area contributed by atoms with E-state index in [0.29, 0.717) is 22.7 Å². The van der Waals surface area contributed by atoms with Gasteiger partial charge in [0.05, 0.1) is 17.4 Å². The first kappa shape index (κ1) is 13.7. The molecular weight excluding hydrogens is 278 g/mol. The average molecular weight is 291 g/mol. The normalized spacial score (nSPS) is 10.9. The van der Waals surface area contributed by atoms with Crippen LogP contribution in [-0.4, -0.2) is 20.9 Å². The lowest BCUT2D eigenvalue weighted by atomic mass is 10.3. The summed E-state index contributed by atoms with van der Waals surface area (Å²) in [7, 11) is 0. The van der Waals surface area contributed by atoms with E-state index in [-0.39, 0.29) is 0 Å². The molecule has 0 aliphatic rings. The van der Waals surface area contributed by atoms with Gasteiger partial charge in [0.1, 0.15) is 5.52 Å². The minimum atomic E-state index is -0.513. The molecule has 1 amide bonds. The molecule has 0 unspecified atom stereocenters. The predicted octanol–water partition coefficient (Wildman–Crippen LogP) is 2.27. The van der Waals surface area contributed by atoms with Crippen LogP contribution < -0.4 is 11.1 Å². The minimum Gasteiger partial charge on any atom is -0.366 e. The highest BCUT2D eigenvalue weighted by molar-refractivity contribution is 5.90. The van der Waals surface area contributed by atoms with E-state index in [1.807, 2.05) is 36.4 Å². The number of primary amides is 1. The molecule has 6 nitrogen and oxygen atoms in total. The molecule has 0 aliphatic heterocycles. The summed E-state index contributed by atoms with van der Waals surface area (Å²) in [6.45, 7) is 0. The number of nitrogens with two attached hydrogens (primary N) is 1. The van der Waals surface area contributed by atoms with Crippen molar-refractivity contribution in [3.8, 4) is 0 Å². The zero-order chi connectivity index (χ0) is 15.4. The van der Waals surface area contributed by atoms with Crippen LogP contribution in [-0.2, 0) is 4.79 Å². The summed E-state index contributed by atoms with van der Waals surface area (Å²) in [4.78, 5) is 23.7. The summed E-state index contributed by atoms with van der Waals surface area (Å²) < 4.78 is 0. The third-order valence-corrected chi connectivity index (χ3v) is 2.91. The molecule has 0 saturated heterocycles. The molecule has 0 bridgehead atoms. The van der Waals surface area contributed by atoms with Gasteiger partial charge < -0.3 is 11.1 Å². The van der Waals surface area contributed by atoms with Crippen LogP contribution in [0, 0.1) is 0 Å². The summed E-state index contributed by atoms with van der Waals surface area (Å²) >= 11 is 0. The number of hydrogen-bond acceptors (Lipinski definition) is 5. The lowest BCUT2D eigenvalue weighted by Crippen LogP contribution is -2.05. The van der Waals surface area contributed by atoms with Gasteiger partial charge in [-0.25, -0.2) is 15.0 Å². The van der Waals surface area contributed by atoms with Crippen molar-refractivity contribution >= 4 is 34.7 Å². The molecular formula is C16H13N5O. The first-order chi connectivity index (χ1) is 10.7. The fourth-order valence-electron chi connectivity index (χ4n) is 1.91. The van der Waals surface area contributed by atoms with E-state index < -0.39 is 5.91 Å². The Hall–Kier alpha value is -3.28. The molecule has 0 spiro atoms. The molecule has 0 saturated carbocycles. The largest absolute Gasteiger partial charge is 0.366 e. The van der Waals surface area contributed by atoms with Crippen LogP contribution in [0.15, 0.2) is 54.7 Å². The second kappa shape index (κ2) is 6.01. The zero-order valence-corrected chi connectivity index (χ0v) is 11.6. The molecule has 0 fully saturated rings. The minimum absolute atomic E-state index is 0.501. The standard InChI is InChI=1S/C16H13N5O/c17-15(22)9-7-12-6-8-13-14(19-12)10-18-16(21-13)20-11-4-2-1-3-5-11/h1-10H,(H2,17,22)(H,18,20,21)/b9-7+. The van der Waals surface area contributed by atoms with Gasteiger partial charge >= 0.3 is 0 Å². The van der Waals surface area contributed by atoms with Crippen LogP contribution in [0.4, 0.5) is 11.6 Å². The van der Waals surface area contributed by atoms with Gasteiger partial charge in [-0.3, -0.25) is 4.79 Å². The fraction of sp³-hybridized carbons (Fsp3) is 0. The maximum absolute atomic E-state index is 10.7. The number of hydrogen-bond donors (Lipinski definition) is 2. The summed E-state index contributed by atoms with van der Waals surface area (Å²) in [5, 5.41) is 3.13. The number of carbonyl (C=O) groups excluding carboxylic acids is 1. The maximum atomic E-state index is 10.7. The highest BCUT2D eigenvalue weighted by atomic mass is 16.1. The summed E-state index contributed by atoms with van der Waals surface area (Å²) in [6.07, 6.45) is 4.45. The highest BCUT2D eigenvalue weighted by Crippen LogP contribution is 2.15. The molecule has 108 valence electrons. The van der Waals surface area contributed by atoms with E-state index in [1.165, 1.54) is 6.08 Å². The Labute approximate surface area is 126 Å². The van der Waals surface area contributed by atoms with Crippen LogP contribution in [0.2, 0.25) is 0 Å². The van der Waals surface area contributed by atoms with Crippen molar-refractivity contribution in [3.63, 3.8) is 0 Å². The topological polar surface area (TPSA) is 93.8 Å². The van der Waals surface area contributed by atoms with Crippen molar-refractivity contribution in [1.82, 2.24) is 15.0 Å². The van der Waals surface area contributed by atoms with E-state index >= 15 is 0 Å². The number of anilines is 2. The van der Waals surface area contributed by atoms with Crippen molar-refractivity contribution in [1.29, 1.82) is 0 Å². The molecule has 3 N–H and O–H groups in total. The molecule has 1 aromatic carbocycles. The SMILES string of the molecule is NC(=O)/C=C/c1ccc2nc(Nc3ccccc3)ncc2n1. The summed E-state index contributed by atoms with van der Waals surface area (Å²) in [5.41, 5.74) is 7.95. The van der Waals surface area contributed by atoms with Crippen LogP contribution in [0.3, 0.4) is 0 Å². The lowest BCUT2D eigenvalue weighted by molar-refractivity contribution is -0.113. The van der Waals surface area contributed by atoms with Crippen molar-refractivity contribution in [3.05, 3.63) is 60.4 Å². The third kappa shape index (κ3) is 3.24. The number of nitrogens with zero attached hydrogens (tertiary/aromatic N) is 3. The van der Waals surface area contributed by atoms with Crippen LogP contribution >= 0.6 is 0 Å². The number of pyridine rings is 1. The van der Waals surface area contributed by atoms with Gasteiger partial charge in [-0.15, -0.1) is 0 Å². The van der Waals surface area contributed by atoms with E-state index in [9.17, 15) is 4.79 Å². The third-order valence-electron chi connectivity index (χ3n) is 2.91. The van der Waals surface area contributed by atoms with Gasteiger partial charge in [0.25, 0.3) is 0 Å². The first-order valence-corrected chi connectivity index (χ1v) is 6.64. The van der Waals surface area contributed by atoms with Crippen LogP contribution in [0.5, 0.6) is 0 Å². The smallest absolute Gasteiger partial charge is 0.241 e. The number of nitrogens with one attached hydrogen (secondary N) is 1. The lowest BCUT2D eigenvalue weighted by Gasteiger charge is -2.05. The van der Waals surface area contributed by atoms with Gasteiger partial charge in [0.15, 0.2) is 0 Å². The van der Waals surface area contributed by atoms with Gasteiger partial charge in [0.2, 0.25) is 11.9 Å². The Balaban J connectivity index is 1.88. The Morgan fingerprint density at radius 1 is 1.05 bits per heavy atom. The number of benzene rings is 1. The van der Waals surface area contributed by atoms with Gasteiger partial charge in [-0.1, -0.05) is 18.2 Å². The number of amides is 1. The monoisotopic (exact) mass is 291 g/mol. The molecule has 6 heteroatoms. The van der Waals surface area contributed by atoms with E-state index in [1.54, 1.807) is 18.3 Å². The fourth-order valence-corrected chi connectivity index (χ4v) is 1.91. The van der Waals surface area contributed by atoms with Crippen molar-refractivity contribution in [2.45, 2.75) is 0 Å². The Bertz CT molecular complexity index is 846. The molecule has 2 heterocycles. The van der Waals surface area contributed by atoms with E-state index in [0.717, 1.165) is 5.69 Å². The van der Waals surface area contributed by atoms with Gasteiger partial charge in [-0.2, -0.15) is 0 Å². The Morgan fingerprint density at radius 3 is 2.64 bits per heavy atom. The van der Waals surface area contributed by atoms with Crippen LogP contribution in [0.1, 0.15) is 5.69 Å². The second-order valence-corrected chi connectivity index (χ2v) is 4.56. The van der Waals surface area contributed by atoms with Crippen molar-refractivity contribution in [2.75, 3.05) is 5.32 Å². The number of aromatic nitrogens is 3. The highest BCUT2D eigenvalue weighted by Gasteiger charge is 2.02. The average Bonchev–Trinajstić information content (AvgIpc) is 2.54. The van der Waals surface area contributed by atoms with Gasteiger partial charge in [0, 0.05) is 11.8 Å². The molecule has 22 heavy (non-hydrogen) atoms. The number of carbonyl (C=O) groups is 1. The Kier molecular flexibility index (Phi) is 3.74.